The van der Waals surface area contributed by atoms with Gasteiger partial charge in [-0.15, -0.1) is 0 Å². The van der Waals surface area contributed by atoms with E-state index in [1.54, 1.807) is 12.1 Å². The number of amides is 1. The molecule has 192 valence electrons. The SMILES string of the molecule is Cc1ccc2c(c1)c(=O)c1ccccc1n2CCCC(=O)NN(C)c1ccc(C(F)(F)F)cc1[N+](=O)[O-]. The number of benzene rings is 3. The van der Waals surface area contributed by atoms with Crippen molar-refractivity contribution in [1.82, 2.24) is 9.99 Å². The summed E-state index contributed by atoms with van der Waals surface area (Å²) < 4.78 is 40.9. The first-order valence-electron chi connectivity index (χ1n) is 11.4. The summed E-state index contributed by atoms with van der Waals surface area (Å²) in [6.45, 7) is 2.32. The van der Waals surface area contributed by atoms with Crippen molar-refractivity contribution in [2.24, 2.45) is 0 Å². The summed E-state index contributed by atoms with van der Waals surface area (Å²) in [5.41, 5.74) is 2.73. The quantitative estimate of drug-likeness (QED) is 0.205. The van der Waals surface area contributed by atoms with Crippen molar-refractivity contribution in [2.75, 3.05) is 12.1 Å². The number of nitro benzene ring substituents is 1. The molecule has 0 radical (unpaired) electrons. The van der Waals surface area contributed by atoms with E-state index in [4.69, 9.17) is 0 Å². The molecule has 0 aliphatic carbocycles. The lowest BCUT2D eigenvalue weighted by Crippen LogP contribution is -2.39. The van der Waals surface area contributed by atoms with Crippen molar-refractivity contribution in [1.29, 1.82) is 0 Å². The molecule has 37 heavy (non-hydrogen) atoms. The van der Waals surface area contributed by atoms with Gasteiger partial charge >= 0.3 is 6.18 Å². The van der Waals surface area contributed by atoms with Crippen LogP contribution in [-0.4, -0.2) is 22.4 Å². The maximum atomic E-state index is 13.0. The molecule has 0 atom stereocenters. The monoisotopic (exact) mass is 512 g/mol. The van der Waals surface area contributed by atoms with Crippen LogP contribution in [-0.2, 0) is 17.5 Å². The molecule has 4 rings (SSSR count). The van der Waals surface area contributed by atoms with Gasteiger partial charge in [-0.2, -0.15) is 13.2 Å². The second-order valence-corrected chi connectivity index (χ2v) is 8.67. The lowest BCUT2D eigenvalue weighted by atomic mass is 10.1. The van der Waals surface area contributed by atoms with Gasteiger partial charge in [0.2, 0.25) is 5.91 Å². The van der Waals surface area contributed by atoms with Crippen LogP contribution in [0.4, 0.5) is 24.5 Å². The molecule has 0 saturated heterocycles. The number of aryl methyl sites for hydroxylation is 2. The number of nitro groups is 1. The topological polar surface area (TPSA) is 97.5 Å². The van der Waals surface area contributed by atoms with Gasteiger partial charge in [0.15, 0.2) is 5.43 Å². The van der Waals surface area contributed by atoms with Gasteiger partial charge in [0, 0.05) is 36.9 Å². The molecular formula is C26H23F3N4O4. The molecule has 1 heterocycles. The zero-order valence-corrected chi connectivity index (χ0v) is 20.0. The number of nitrogens with one attached hydrogen (secondary N) is 1. The van der Waals surface area contributed by atoms with E-state index in [0.717, 1.165) is 33.7 Å². The Labute approximate surface area is 209 Å². The number of rotatable bonds is 7. The van der Waals surface area contributed by atoms with Crippen LogP contribution in [0.25, 0.3) is 21.8 Å². The molecular weight excluding hydrogens is 489 g/mol. The molecule has 1 N–H and O–H groups in total. The molecule has 0 unspecified atom stereocenters. The Bertz CT molecular complexity index is 1580. The molecule has 0 spiro atoms. The van der Waals surface area contributed by atoms with E-state index in [1.165, 1.54) is 7.05 Å². The Kier molecular flexibility index (Phi) is 6.88. The molecule has 11 heteroatoms. The number of hydrogen-bond donors (Lipinski definition) is 1. The smallest absolute Gasteiger partial charge is 0.340 e. The number of nitrogens with zero attached hydrogens (tertiary/aromatic N) is 3. The Morgan fingerprint density at radius 2 is 1.76 bits per heavy atom. The van der Waals surface area contributed by atoms with Crippen molar-refractivity contribution in [3.05, 3.63) is 92.1 Å². The number of pyridine rings is 1. The fourth-order valence-corrected chi connectivity index (χ4v) is 4.31. The van der Waals surface area contributed by atoms with Crippen molar-refractivity contribution in [3.63, 3.8) is 0 Å². The minimum atomic E-state index is -4.74. The van der Waals surface area contributed by atoms with Crippen LogP contribution in [0.5, 0.6) is 0 Å². The van der Waals surface area contributed by atoms with Gasteiger partial charge in [0.05, 0.1) is 21.5 Å². The van der Waals surface area contributed by atoms with E-state index in [0.29, 0.717) is 29.8 Å². The van der Waals surface area contributed by atoms with Crippen molar-refractivity contribution < 1.29 is 22.9 Å². The highest BCUT2D eigenvalue weighted by atomic mass is 19.4. The number of hydrazine groups is 1. The predicted octanol–water partition coefficient (Wildman–Crippen LogP) is 5.34. The highest BCUT2D eigenvalue weighted by Gasteiger charge is 2.33. The lowest BCUT2D eigenvalue weighted by molar-refractivity contribution is -0.384. The fraction of sp³-hybridized carbons (Fsp3) is 0.231. The summed E-state index contributed by atoms with van der Waals surface area (Å²) in [7, 11) is 1.32. The zero-order valence-electron chi connectivity index (χ0n) is 20.0. The van der Waals surface area contributed by atoms with Crippen LogP contribution in [0, 0.1) is 17.0 Å². The molecule has 0 aliphatic rings. The van der Waals surface area contributed by atoms with Gasteiger partial charge in [0.1, 0.15) is 5.69 Å². The first-order valence-corrected chi connectivity index (χ1v) is 11.4. The number of para-hydroxylation sites is 1. The van der Waals surface area contributed by atoms with Crippen molar-refractivity contribution in [2.45, 2.75) is 32.5 Å². The summed E-state index contributed by atoms with van der Waals surface area (Å²) in [5, 5.41) is 13.5. The van der Waals surface area contributed by atoms with E-state index in [9.17, 15) is 32.9 Å². The summed E-state index contributed by atoms with van der Waals surface area (Å²) in [4.78, 5) is 36.0. The maximum absolute atomic E-state index is 13.0. The largest absolute Gasteiger partial charge is 0.416 e. The first-order chi connectivity index (χ1) is 17.5. The second kappa shape index (κ2) is 9.92. The highest BCUT2D eigenvalue weighted by Crippen LogP contribution is 2.35. The number of carbonyl (C=O) groups excluding carboxylic acids is 1. The highest BCUT2D eigenvalue weighted by molar-refractivity contribution is 5.93. The zero-order chi connectivity index (χ0) is 26.9. The number of halogens is 3. The molecule has 1 amide bonds. The van der Waals surface area contributed by atoms with E-state index >= 15 is 0 Å². The molecule has 0 aliphatic heterocycles. The third-order valence-electron chi connectivity index (χ3n) is 6.07. The second-order valence-electron chi connectivity index (χ2n) is 8.67. The number of hydrogen-bond acceptors (Lipinski definition) is 5. The molecule has 1 aromatic heterocycles. The fourth-order valence-electron chi connectivity index (χ4n) is 4.31. The van der Waals surface area contributed by atoms with Crippen LogP contribution in [0.2, 0.25) is 0 Å². The minimum Gasteiger partial charge on any atom is -0.340 e. The molecule has 8 nitrogen and oxygen atoms in total. The summed E-state index contributed by atoms with van der Waals surface area (Å²) in [6.07, 6.45) is -4.32. The minimum absolute atomic E-state index is 0.0343. The van der Waals surface area contributed by atoms with Crippen LogP contribution in [0.1, 0.15) is 24.0 Å². The number of anilines is 1. The molecule has 0 saturated carbocycles. The number of aromatic nitrogens is 1. The number of carbonyl (C=O) groups is 1. The predicted molar refractivity (Wildman–Crippen MR) is 134 cm³/mol. The average Bonchev–Trinajstić information content (AvgIpc) is 2.85. The lowest BCUT2D eigenvalue weighted by Gasteiger charge is -2.21. The Hall–Kier alpha value is -4.41. The van der Waals surface area contributed by atoms with Crippen molar-refractivity contribution in [3.8, 4) is 0 Å². The first kappa shape index (κ1) is 25.7. The molecule has 0 fully saturated rings. The Morgan fingerprint density at radius 3 is 2.46 bits per heavy atom. The van der Waals surface area contributed by atoms with E-state index < -0.39 is 28.3 Å². The van der Waals surface area contributed by atoms with E-state index in [2.05, 4.69) is 5.43 Å². The number of fused-ring (bicyclic) bond motifs is 2. The average molecular weight is 512 g/mol. The summed E-state index contributed by atoms with van der Waals surface area (Å²) in [6, 6.07) is 14.9. The normalized spacial score (nSPS) is 11.6. The summed E-state index contributed by atoms with van der Waals surface area (Å²) in [5.74, 6) is -0.470. The van der Waals surface area contributed by atoms with Crippen LogP contribution >= 0.6 is 0 Å². The van der Waals surface area contributed by atoms with Gasteiger partial charge in [-0.3, -0.25) is 30.1 Å². The van der Waals surface area contributed by atoms with Crippen LogP contribution in [0.15, 0.2) is 65.5 Å². The van der Waals surface area contributed by atoms with Crippen molar-refractivity contribution >= 4 is 39.1 Å². The standard InChI is InChI=1S/C26H23F3N4O4/c1-16-9-11-21-19(14-16)25(35)18-6-3-4-7-20(18)32(21)13-5-8-24(34)30-31(2)22-12-10-17(26(27,28)29)15-23(22)33(36)37/h3-4,6-7,9-12,14-15H,5,8,13H2,1-2H3,(H,30,34). The summed E-state index contributed by atoms with van der Waals surface area (Å²) >= 11 is 0. The Balaban J connectivity index is 1.51. The Morgan fingerprint density at radius 1 is 1.05 bits per heavy atom. The van der Waals surface area contributed by atoms with E-state index in [-0.39, 0.29) is 17.5 Å². The third-order valence-corrected chi connectivity index (χ3v) is 6.07. The third kappa shape index (κ3) is 5.25. The molecule has 4 aromatic rings. The van der Waals surface area contributed by atoms with Gasteiger partial charge in [0.25, 0.3) is 5.69 Å². The molecule has 3 aromatic carbocycles. The van der Waals surface area contributed by atoms with Gasteiger partial charge in [-0.05, 0) is 49.7 Å². The van der Waals surface area contributed by atoms with Gasteiger partial charge < -0.3 is 4.57 Å². The van der Waals surface area contributed by atoms with Crippen LogP contribution < -0.4 is 15.9 Å². The number of alkyl halides is 3. The molecule has 0 bridgehead atoms. The van der Waals surface area contributed by atoms with E-state index in [1.807, 2.05) is 41.8 Å². The van der Waals surface area contributed by atoms with Gasteiger partial charge in [-0.1, -0.05) is 23.8 Å². The van der Waals surface area contributed by atoms with Crippen LogP contribution in [0.3, 0.4) is 0 Å². The maximum Gasteiger partial charge on any atom is 0.416 e. The van der Waals surface area contributed by atoms with Gasteiger partial charge in [-0.25, -0.2) is 0 Å².